The second-order valence-electron chi connectivity index (χ2n) is 3.43. The second-order valence-corrected chi connectivity index (χ2v) is 3.43. The first-order valence-corrected chi connectivity index (χ1v) is 6.67. The predicted octanol–water partition coefficient (Wildman–Crippen LogP) is 1.85. The average Bonchev–Trinajstić information content (AvgIpc) is 2.61. The average molecular weight is 300 g/mol. The van der Waals surface area contributed by atoms with Crippen molar-refractivity contribution in [2.24, 2.45) is 26.4 Å². The number of nitrogens with one attached hydrogen (secondary N) is 1. The molecule has 0 saturated heterocycles. The summed E-state index contributed by atoms with van der Waals surface area (Å²) in [5, 5.41) is 7.33. The SMILES string of the molecule is C#C.C=NC(=N)C(N)=NC(CN)=NCc1ccccc1.CC. The molecule has 0 spiro atoms. The highest BCUT2D eigenvalue weighted by Crippen LogP contribution is 2.00. The van der Waals surface area contributed by atoms with Crippen molar-refractivity contribution >= 4 is 24.2 Å². The standard InChI is InChI=1S/C12H16N6.C2H6.C2H2/c1-16-11(14)12(15)18-10(7-13)17-8-9-5-3-2-4-6-9;2*1-2/h2-6,14H,1,7-8,13H2,(H2,15,17,18);1-2H3;1-2H. The largest absolute Gasteiger partial charge is 0.381 e. The quantitative estimate of drug-likeness (QED) is 0.449. The van der Waals surface area contributed by atoms with Crippen molar-refractivity contribution in [1.29, 1.82) is 5.41 Å². The van der Waals surface area contributed by atoms with E-state index in [1.165, 1.54) is 0 Å². The fraction of sp³-hybridized carbons (Fsp3) is 0.250. The molecule has 5 N–H and O–H groups in total. The predicted molar refractivity (Wildman–Crippen MR) is 96.8 cm³/mol. The Morgan fingerprint density at radius 2 is 1.77 bits per heavy atom. The minimum absolute atomic E-state index is 0.0396. The van der Waals surface area contributed by atoms with Crippen LogP contribution in [0.5, 0.6) is 0 Å². The highest BCUT2D eigenvalue weighted by molar-refractivity contribution is 6.41. The van der Waals surface area contributed by atoms with E-state index in [1.54, 1.807) is 0 Å². The maximum atomic E-state index is 7.33. The molecule has 0 radical (unpaired) electrons. The first-order chi connectivity index (χ1) is 10.7. The Morgan fingerprint density at radius 1 is 1.23 bits per heavy atom. The van der Waals surface area contributed by atoms with Gasteiger partial charge in [-0.2, -0.15) is 0 Å². The maximum Gasteiger partial charge on any atom is 0.187 e. The van der Waals surface area contributed by atoms with Gasteiger partial charge in [0.05, 0.1) is 13.1 Å². The van der Waals surface area contributed by atoms with Crippen molar-refractivity contribution in [2.75, 3.05) is 6.54 Å². The molecule has 0 saturated carbocycles. The molecule has 0 aliphatic heterocycles. The first kappa shape index (κ1) is 21.5. The second kappa shape index (κ2) is 14.6. The Kier molecular flexibility index (Phi) is 14.3. The third-order valence-corrected chi connectivity index (χ3v) is 2.12. The van der Waals surface area contributed by atoms with Gasteiger partial charge in [-0.15, -0.1) is 12.8 Å². The molecule has 0 aromatic heterocycles. The lowest BCUT2D eigenvalue weighted by atomic mass is 10.2. The van der Waals surface area contributed by atoms with Crippen molar-refractivity contribution < 1.29 is 0 Å². The van der Waals surface area contributed by atoms with Crippen LogP contribution in [0.2, 0.25) is 0 Å². The van der Waals surface area contributed by atoms with Crippen LogP contribution in [0.15, 0.2) is 45.3 Å². The molecule has 0 aliphatic carbocycles. The van der Waals surface area contributed by atoms with E-state index >= 15 is 0 Å². The summed E-state index contributed by atoms with van der Waals surface area (Å²) >= 11 is 0. The van der Waals surface area contributed by atoms with Crippen molar-refractivity contribution in [3.63, 3.8) is 0 Å². The molecule has 1 aromatic carbocycles. The van der Waals surface area contributed by atoms with Gasteiger partial charge in [0.1, 0.15) is 5.84 Å². The van der Waals surface area contributed by atoms with Gasteiger partial charge < -0.3 is 11.5 Å². The topological polar surface area (TPSA) is 113 Å². The number of nitrogens with two attached hydrogens (primary N) is 2. The lowest BCUT2D eigenvalue weighted by molar-refractivity contribution is 1.04. The molecule has 6 heteroatoms. The Morgan fingerprint density at radius 3 is 2.23 bits per heavy atom. The lowest BCUT2D eigenvalue weighted by Crippen LogP contribution is -2.25. The van der Waals surface area contributed by atoms with Crippen LogP contribution in [-0.2, 0) is 6.54 Å². The summed E-state index contributed by atoms with van der Waals surface area (Å²) in [7, 11) is 0. The Labute approximate surface area is 132 Å². The number of rotatable bonds is 3. The van der Waals surface area contributed by atoms with Gasteiger partial charge in [0.15, 0.2) is 11.7 Å². The summed E-state index contributed by atoms with van der Waals surface area (Å²) in [6.07, 6.45) is 8.00. The Bertz CT molecular complexity index is 514. The summed E-state index contributed by atoms with van der Waals surface area (Å²) < 4.78 is 0. The van der Waals surface area contributed by atoms with Crippen LogP contribution in [-0.4, -0.2) is 30.8 Å². The number of terminal acetylenes is 1. The third-order valence-electron chi connectivity index (χ3n) is 2.12. The van der Waals surface area contributed by atoms with Gasteiger partial charge in [0.25, 0.3) is 0 Å². The van der Waals surface area contributed by atoms with Crippen LogP contribution in [0.1, 0.15) is 19.4 Å². The van der Waals surface area contributed by atoms with Crippen LogP contribution in [0, 0.1) is 18.3 Å². The molecule has 1 rings (SSSR count). The van der Waals surface area contributed by atoms with E-state index in [2.05, 4.69) is 34.5 Å². The number of hydrogen-bond donors (Lipinski definition) is 3. The van der Waals surface area contributed by atoms with E-state index in [0.29, 0.717) is 12.4 Å². The maximum absolute atomic E-state index is 7.33. The fourth-order valence-corrected chi connectivity index (χ4v) is 1.18. The number of aliphatic imine (C=N–C) groups is 3. The monoisotopic (exact) mass is 300 g/mol. The first-order valence-electron chi connectivity index (χ1n) is 6.67. The Balaban J connectivity index is 0. The molecule has 0 bridgehead atoms. The molecule has 0 aliphatic rings. The van der Waals surface area contributed by atoms with E-state index in [-0.39, 0.29) is 18.2 Å². The summed E-state index contributed by atoms with van der Waals surface area (Å²) in [4.78, 5) is 11.6. The van der Waals surface area contributed by atoms with E-state index in [9.17, 15) is 0 Å². The van der Waals surface area contributed by atoms with Crippen LogP contribution in [0.25, 0.3) is 0 Å². The van der Waals surface area contributed by atoms with Crippen molar-refractivity contribution in [1.82, 2.24) is 0 Å². The minimum Gasteiger partial charge on any atom is -0.381 e. The van der Waals surface area contributed by atoms with Crippen molar-refractivity contribution in [2.45, 2.75) is 20.4 Å². The molecule has 6 nitrogen and oxygen atoms in total. The molecular formula is C16H24N6. The van der Waals surface area contributed by atoms with E-state index in [0.717, 1.165) is 5.56 Å². The van der Waals surface area contributed by atoms with E-state index < -0.39 is 0 Å². The zero-order valence-electron chi connectivity index (χ0n) is 13.2. The van der Waals surface area contributed by atoms with Gasteiger partial charge in [-0.1, -0.05) is 44.2 Å². The van der Waals surface area contributed by atoms with E-state index in [4.69, 9.17) is 16.9 Å². The van der Waals surface area contributed by atoms with Crippen LogP contribution in [0.3, 0.4) is 0 Å². The number of nitrogens with zero attached hydrogens (tertiary/aromatic N) is 3. The lowest BCUT2D eigenvalue weighted by Gasteiger charge is -2.01. The zero-order valence-corrected chi connectivity index (χ0v) is 13.2. The molecule has 118 valence electrons. The summed E-state index contributed by atoms with van der Waals surface area (Å²) in [6.45, 7) is 7.82. The smallest absolute Gasteiger partial charge is 0.187 e. The van der Waals surface area contributed by atoms with Gasteiger partial charge >= 0.3 is 0 Å². The van der Waals surface area contributed by atoms with Crippen LogP contribution < -0.4 is 11.5 Å². The number of amidine groups is 3. The minimum atomic E-state index is -0.184. The molecule has 0 unspecified atom stereocenters. The van der Waals surface area contributed by atoms with Crippen molar-refractivity contribution in [3.05, 3.63) is 35.9 Å². The highest BCUT2D eigenvalue weighted by Gasteiger charge is 2.01. The molecule has 1 aromatic rings. The van der Waals surface area contributed by atoms with Crippen LogP contribution >= 0.6 is 0 Å². The summed E-state index contributed by atoms with van der Waals surface area (Å²) in [6, 6.07) is 9.71. The zero-order chi connectivity index (χ0) is 17.4. The summed E-state index contributed by atoms with van der Waals surface area (Å²) in [5.41, 5.74) is 12.1. The van der Waals surface area contributed by atoms with E-state index in [1.807, 2.05) is 44.2 Å². The highest BCUT2D eigenvalue weighted by atomic mass is 15.0. The third kappa shape index (κ3) is 9.18. The molecule has 0 atom stereocenters. The van der Waals surface area contributed by atoms with Crippen LogP contribution in [0.4, 0.5) is 0 Å². The normalized spacial score (nSPS) is 10.4. The molecule has 0 fully saturated rings. The van der Waals surface area contributed by atoms with Gasteiger partial charge in [-0.05, 0) is 12.3 Å². The Hall–Kier alpha value is -2.78. The van der Waals surface area contributed by atoms with Gasteiger partial charge in [0, 0.05) is 0 Å². The van der Waals surface area contributed by atoms with Gasteiger partial charge in [-0.3, -0.25) is 10.4 Å². The van der Waals surface area contributed by atoms with Crippen molar-refractivity contribution in [3.8, 4) is 12.8 Å². The molecule has 0 amide bonds. The summed E-state index contributed by atoms with van der Waals surface area (Å²) in [5.74, 6) is 0.155. The van der Waals surface area contributed by atoms with Gasteiger partial charge in [0.2, 0.25) is 0 Å². The fourth-order valence-electron chi connectivity index (χ4n) is 1.18. The number of hydrogen-bond acceptors (Lipinski definition) is 3. The number of benzene rings is 1. The molecule has 22 heavy (non-hydrogen) atoms. The molecular weight excluding hydrogens is 276 g/mol. The van der Waals surface area contributed by atoms with Gasteiger partial charge in [-0.25, -0.2) is 9.98 Å². The molecule has 0 heterocycles.